The standard InChI is InChI=1S/C53H31N3O/c54-32-37-17-11-23-43-44-24-12-22-38(52(44)57-51(37)43)33-25-27-34(28-26-33)45-29-46-41-20-9-10-21-42(41)48(30-47(46)40-19-8-7-18-39(40)45)53-55-49(35-13-3-1-4-14-35)31-50(56-53)36-15-5-2-6-16-36/h1-31H. The molecule has 264 valence electrons. The summed E-state index contributed by atoms with van der Waals surface area (Å²) in [5, 5.41) is 18.6. The summed E-state index contributed by atoms with van der Waals surface area (Å²) in [5.74, 6) is 0.695. The molecule has 4 nitrogen and oxygen atoms in total. The van der Waals surface area contributed by atoms with Gasteiger partial charge in [-0.05, 0) is 73.3 Å². The van der Waals surface area contributed by atoms with Gasteiger partial charge in [0.1, 0.15) is 11.7 Å². The van der Waals surface area contributed by atoms with Gasteiger partial charge < -0.3 is 4.42 Å². The van der Waals surface area contributed by atoms with Crippen molar-refractivity contribution < 1.29 is 4.42 Å². The Labute approximate surface area is 328 Å². The molecule has 0 unspecified atom stereocenters. The summed E-state index contributed by atoms with van der Waals surface area (Å²) >= 11 is 0. The van der Waals surface area contributed by atoms with Crippen molar-refractivity contribution in [2.75, 3.05) is 0 Å². The van der Waals surface area contributed by atoms with Gasteiger partial charge in [0.2, 0.25) is 0 Å². The molecule has 57 heavy (non-hydrogen) atoms. The zero-order valence-electron chi connectivity index (χ0n) is 30.6. The second kappa shape index (κ2) is 13.2. The summed E-state index contributed by atoms with van der Waals surface area (Å²) in [6, 6.07) is 67.7. The van der Waals surface area contributed by atoms with E-state index in [1.165, 1.54) is 16.2 Å². The summed E-state index contributed by atoms with van der Waals surface area (Å²) in [6.45, 7) is 0. The van der Waals surface area contributed by atoms with Gasteiger partial charge in [-0.1, -0.05) is 164 Å². The summed E-state index contributed by atoms with van der Waals surface area (Å²) in [7, 11) is 0. The molecule has 0 saturated carbocycles. The summed E-state index contributed by atoms with van der Waals surface area (Å²) in [5.41, 5.74) is 11.2. The maximum absolute atomic E-state index is 9.73. The Morgan fingerprint density at radius 1 is 0.351 bits per heavy atom. The van der Waals surface area contributed by atoms with Crippen LogP contribution in [0.2, 0.25) is 0 Å². The van der Waals surface area contributed by atoms with Crippen LogP contribution in [-0.4, -0.2) is 9.97 Å². The Morgan fingerprint density at radius 2 is 0.825 bits per heavy atom. The number of benzene rings is 9. The minimum absolute atomic E-state index is 0.540. The molecular formula is C53H31N3O. The quantitative estimate of drug-likeness (QED) is 0.166. The molecule has 0 bridgehead atoms. The number of nitriles is 1. The first-order chi connectivity index (χ1) is 28.2. The average molecular weight is 726 g/mol. The van der Waals surface area contributed by atoms with Crippen LogP contribution in [0.25, 0.3) is 110 Å². The Morgan fingerprint density at radius 3 is 1.42 bits per heavy atom. The predicted molar refractivity (Wildman–Crippen MR) is 234 cm³/mol. The zero-order chi connectivity index (χ0) is 37.9. The van der Waals surface area contributed by atoms with Gasteiger partial charge in [-0.25, -0.2) is 9.97 Å². The fourth-order valence-electron chi connectivity index (χ4n) is 8.42. The Kier molecular flexibility index (Phi) is 7.52. The first kappa shape index (κ1) is 32.6. The van der Waals surface area contributed by atoms with Gasteiger partial charge in [-0.3, -0.25) is 0 Å². The largest absolute Gasteiger partial charge is 0.454 e. The Balaban J connectivity index is 1.09. The molecule has 0 aliphatic carbocycles. The number of rotatable bonds is 5. The highest BCUT2D eigenvalue weighted by Crippen LogP contribution is 2.43. The molecule has 0 aliphatic rings. The minimum atomic E-state index is 0.540. The fourth-order valence-corrected chi connectivity index (χ4v) is 8.42. The maximum Gasteiger partial charge on any atom is 0.161 e. The summed E-state index contributed by atoms with van der Waals surface area (Å²) < 4.78 is 6.39. The lowest BCUT2D eigenvalue weighted by Crippen LogP contribution is -1.97. The second-order valence-corrected chi connectivity index (χ2v) is 14.4. The topological polar surface area (TPSA) is 62.7 Å². The van der Waals surface area contributed by atoms with Crippen molar-refractivity contribution >= 4 is 54.3 Å². The predicted octanol–water partition coefficient (Wildman–Crippen LogP) is 14.0. The van der Waals surface area contributed by atoms with Crippen LogP contribution < -0.4 is 0 Å². The summed E-state index contributed by atoms with van der Waals surface area (Å²) in [4.78, 5) is 10.5. The van der Waals surface area contributed by atoms with E-state index in [1.54, 1.807) is 6.07 Å². The minimum Gasteiger partial charge on any atom is -0.454 e. The van der Waals surface area contributed by atoms with Crippen LogP contribution in [0, 0.1) is 11.3 Å². The van der Waals surface area contributed by atoms with Crippen LogP contribution in [0.4, 0.5) is 0 Å². The van der Waals surface area contributed by atoms with E-state index in [0.29, 0.717) is 17.0 Å². The molecule has 2 aromatic heterocycles. The van der Waals surface area contributed by atoms with E-state index in [0.717, 1.165) is 82.8 Å². The molecule has 0 saturated heterocycles. The molecule has 0 aliphatic heterocycles. The lowest BCUT2D eigenvalue weighted by molar-refractivity contribution is 0.668. The lowest BCUT2D eigenvalue weighted by Gasteiger charge is -2.16. The third-order valence-electron chi connectivity index (χ3n) is 11.1. The van der Waals surface area contributed by atoms with Gasteiger partial charge >= 0.3 is 0 Å². The molecular weight excluding hydrogens is 695 g/mol. The van der Waals surface area contributed by atoms with E-state index in [2.05, 4.69) is 164 Å². The molecule has 4 heteroatoms. The molecule has 0 N–H and O–H groups in total. The third-order valence-corrected chi connectivity index (χ3v) is 11.1. The van der Waals surface area contributed by atoms with Gasteiger partial charge in [0.15, 0.2) is 11.4 Å². The van der Waals surface area contributed by atoms with Crippen molar-refractivity contribution in [1.82, 2.24) is 9.97 Å². The molecule has 0 atom stereocenters. The molecule has 0 fully saturated rings. The number of nitrogens with zero attached hydrogens (tertiary/aromatic N) is 3. The van der Waals surface area contributed by atoms with Gasteiger partial charge in [-0.15, -0.1) is 0 Å². The number of para-hydroxylation sites is 2. The molecule has 11 aromatic rings. The molecule has 9 aromatic carbocycles. The van der Waals surface area contributed by atoms with Crippen LogP contribution in [0.1, 0.15) is 5.56 Å². The molecule has 0 spiro atoms. The van der Waals surface area contributed by atoms with E-state index in [4.69, 9.17) is 14.4 Å². The van der Waals surface area contributed by atoms with Gasteiger partial charge in [0, 0.05) is 33.0 Å². The highest BCUT2D eigenvalue weighted by Gasteiger charge is 2.19. The lowest BCUT2D eigenvalue weighted by atomic mass is 9.88. The highest BCUT2D eigenvalue weighted by molar-refractivity contribution is 6.23. The SMILES string of the molecule is N#Cc1cccc2c1oc1c(-c3ccc(-c4cc5c6ccccc6c(-c6nc(-c7ccccc7)cc(-c7ccccc7)n6)cc5c5ccccc45)cc3)cccc12. The number of hydrogen-bond donors (Lipinski definition) is 0. The Hall–Kier alpha value is -7.87. The highest BCUT2D eigenvalue weighted by atomic mass is 16.3. The maximum atomic E-state index is 9.73. The van der Waals surface area contributed by atoms with Crippen molar-refractivity contribution in [2.24, 2.45) is 0 Å². The van der Waals surface area contributed by atoms with Crippen LogP contribution in [0.3, 0.4) is 0 Å². The number of furan rings is 1. The van der Waals surface area contributed by atoms with E-state index >= 15 is 0 Å². The van der Waals surface area contributed by atoms with E-state index in [9.17, 15) is 5.26 Å². The van der Waals surface area contributed by atoms with E-state index < -0.39 is 0 Å². The van der Waals surface area contributed by atoms with Crippen molar-refractivity contribution in [3.8, 4) is 62.2 Å². The number of aromatic nitrogens is 2. The third kappa shape index (κ3) is 5.37. The molecule has 2 heterocycles. The smallest absolute Gasteiger partial charge is 0.161 e. The van der Waals surface area contributed by atoms with Crippen LogP contribution in [-0.2, 0) is 0 Å². The normalized spacial score (nSPS) is 11.5. The Bertz CT molecular complexity index is 3340. The number of hydrogen-bond acceptors (Lipinski definition) is 4. The van der Waals surface area contributed by atoms with E-state index in [1.807, 2.05) is 24.3 Å². The molecule has 0 amide bonds. The van der Waals surface area contributed by atoms with Crippen molar-refractivity contribution in [3.63, 3.8) is 0 Å². The van der Waals surface area contributed by atoms with Crippen molar-refractivity contribution in [1.29, 1.82) is 5.26 Å². The monoisotopic (exact) mass is 725 g/mol. The summed E-state index contributed by atoms with van der Waals surface area (Å²) in [6.07, 6.45) is 0. The second-order valence-electron chi connectivity index (χ2n) is 14.4. The first-order valence-corrected chi connectivity index (χ1v) is 19.0. The van der Waals surface area contributed by atoms with Crippen LogP contribution in [0.5, 0.6) is 0 Å². The number of fused-ring (bicyclic) bond motifs is 8. The van der Waals surface area contributed by atoms with E-state index in [-0.39, 0.29) is 0 Å². The van der Waals surface area contributed by atoms with Crippen LogP contribution in [0.15, 0.2) is 192 Å². The zero-order valence-corrected chi connectivity index (χ0v) is 30.6. The fraction of sp³-hybridized carbons (Fsp3) is 0. The molecule has 11 rings (SSSR count). The molecule has 0 radical (unpaired) electrons. The van der Waals surface area contributed by atoms with Crippen molar-refractivity contribution in [3.05, 3.63) is 194 Å². The van der Waals surface area contributed by atoms with Crippen LogP contribution >= 0.6 is 0 Å². The van der Waals surface area contributed by atoms with Crippen molar-refractivity contribution in [2.45, 2.75) is 0 Å². The average Bonchev–Trinajstić information content (AvgIpc) is 3.68. The first-order valence-electron chi connectivity index (χ1n) is 19.0. The van der Waals surface area contributed by atoms with Gasteiger partial charge in [0.25, 0.3) is 0 Å². The van der Waals surface area contributed by atoms with Gasteiger partial charge in [0.05, 0.1) is 17.0 Å². The van der Waals surface area contributed by atoms with Gasteiger partial charge in [-0.2, -0.15) is 5.26 Å².